The lowest BCUT2D eigenvalue weighted by Crippen LogP contribution is -2.38. The van der Waals surface area contributed by atoms with Gasteiger partial charge in [0.1, 0.15) is 6.04 Å². The van der Waals surface area contributed by atoms with E-state index in [-0.39, 0.29) is 12.0 Å². The first-order valence-electron chi connectivity index (χ1n) is 5.09. The van der Waals surface area contributed by atoms with E-state index in [1.165, 1.54) is 20.0 Å². The van der Waals surface area contributed by atoms with Gasteiger partial charge in [0.15, 0.2) is 0 Å². The second kappa shape index (κ2) is 5.22. The van der Waals surface area contributed by atoms with E-state index in [1.807, 2.05) is 0 Å². The highest BCUT2D eigenvalue weighted by molar-refractivity contribution is 5.75. The molecule has 1 aliphatic rings. The molecule has 1 aliphatic carbocycles. The van der Waals surface area contributed by atoms with Crippen molar-refractivity contribution < 1.29 is 9.53 Å². The summed E-state index contributed by atoms with van der Waals surface area (Å²) in [7, 11) is 1.45. The van der Waals surface area contributed by atoms with Crippen LogP contribution in [0.2, 0.25) is 0 Å². The minimum Gasteiger partial charge on any atom is -0.468 e. The topological polar surface area (TPSA) is 38.3 Å². The Morgan fingerprint density at radius 2 is 2.31 bits per heavy atom. The fraction of sp³-hybridized carbons (Fsp3) is 0.900. The van der Waals surface area contributed by atoms with Crippen LogP contribution >= 0.6 is 0 Å². The van der Waals surface area contributed by atoms with E-state index in [0.29, 0.717) is 0 Å². The molecule has 3 nitrogen and oxygen atoms in total. The molecule has 0 spiro atoms. The largest absolute Gasteiger partial charge is 0.468 e. The molecule has 76 valence electrons. The first-order valence-corrected chi connectivity index (χ1v) is 5.09. The summed E-state index contributed by atoms with van der Waals surface area (Å²) in [4.78, 5) is 11.3. The number of hydrogen-bond donors (Lipinski definition) is 1. The van der Waals surface area contributed by atoms with Gasteiger partial charge < -0.3 is 10.1 Å². The van der Waals surface area contributed by atoms with Gasteiger partial charge in [0.2, 0.25) is 0 Å². The zero-order valence-electron chi connectivity index (χ0n) is 8.51. The Morgan fingerprint density at radius 1 is 1.62 bits per heavy atom. The predicted molar refractivity (Wildman–Crippen MR) is 51.4 cm³/mol. The zero-order valence-corrected chi connectivity index (χ0v) is 8.51. The lowest BCUT2D eigenvalue weighted by Gasteiger charge is -2.14. The van der Waals surface area contributed by atoms with Crippen LogP contribution in [0.4, 0.5) is 0 Å². The fourth-order valence-corrected chi connectivity index (χ4v) is 1.37. The van der Waals surface area contributed by atoms with Crippen LogP contribution in [0.25, 0.3) is 0 Å². The van der Waals surface area contributed by atoms with Crippen LogP contribution in [-0.4, -0.2) is 25.7 Å². The van der Waals surface area contributed by atoms with Crippen molar-refractivity contribution in [2.45, 2.75) is 38.6 Å². The summed E-state index contributed by atoms with van der Waals surface area (Å²) in [6, 6.07) is -0.0874. The Hall–Kier alpha value is -0.570. The molecule has 1 atom stereocenters. The van der Waals surface area contributed by atoms with Gasteiger partial charge in [0, 0.05) is 0 Å². The summed E-state index contributed by atoms with van der Waals surface area (Å²) in [6.45, 7) is 3.05. The van der Waals surface area contributed by atoms with Crippen LogP contribution in [0, 0.1) is 5.92 Å². The van der Waals surface area contributed by atoms with Gasteiger partial charge in [0.05, 0.1) is 7.11 Å². The van der Waals surface area contributed by atoms with Crippen LogP contribution in [0.3, 0.4) is 0 Å². The minimum absolute atomic E-state index is 0.0874. The van der Waals surface area contributed by atoms with Gasteiger partial charge >= 0.3 is 5.97 Å². The highest BCUT2D eigenvalue weighted by atomic mass is 16.5. The standard InChI is InChI=1S/C10H19NO2/c1-3-4-9(10(12)13-2)11-7-8-5-6-8/h8-9,11H,3-7H2,1-2H3. The molecular formula is C10H19NO2. The Balaban J connectivity index is 2.22. The molecule has 1 saturated carbocycles. The van der Waals surface area contributed by atoms with Gasteiger partial charge in [-0.2, -0.15) is 0 Å². The molecule has 0 aromatic rings. The molecular weight excluding hydrogens is 166 g/mol. The molecule has 0 amide bonds. The van der Waals surface area contributed by atoms with Crippen LogP contribution in [0.15, 0.2) is 0 Å². The second-order valence-electron chi connectivity index (χ2n) is 3.72. The van der Waals surface area contributed by atoms with E-state index < -0.39 is 0 Å². The summed E-state index contributed by atoms with van der Waals surface area (Å²) in [5.41, 5.74) is 0. The van der Waals surface area contributed by atoms with Crippen LogP contribution < -0.4 is 5.32 Å². The normalized spacial score (nSPS) is 18.3. The van der Waals surface area contributed by atoms with E-state index in [2.05, 4.69) is 12.2 Å². The number of hydrogen-bond acceptors (Lipinski definition) is 3. The summed E-state index contributed by atoms with van der Waals surface area (Å²) < 4.78 is 4.72. The molecule has 1 N–H and O–H groups in total. The van der Waals surface area contributed by atoms with Crippen molar-refractivity contribution in [3.05, 3.63) is 0 Å². The molecule has 0 aliphatic heterocycles. The maximum absolute atomic E-state index is 11.3. The van der Waals surface area contributed by atoms with E-state index in [1.54, 1.807) is 0 Å². The van der Waals surface area contributed by atoms with E-state index in [9.17, 15) is 4.79 Å². The monoisotopic (exact) mass is 185 g/mol. The Bertz CT molecular complexity index is 166. The summed E-state index contributed by atoms with van der Waals surface area (Å²) in [5, 5.41) is 3.26. The summed E-state index contributed by atoms with van der Waals surface area (Å²) in [5.74, 6) is 0.687. The third-order valence-electron chi connectivity index (χ3n) is 2.41. The molecule has 0 saturated heterocycles. The van der Waals surface area contributed by atoms with Crippen LogP contribution in [0.1, 0.15) is 32.6 Å². The first kappa shape index (κ1) is 10.5. The predicted octanol–water partition coefficient (Wildman–Crippen LogP) is 1.33. The SMILES string of the molecule is CCCC(NCC1CC1)C(=O)OC. The molecule has 0 radical (unpaired) electrons. The smallest absolute Gasteiger partial charge is 0.322 e. The fourth-order valence-electron chi connectivity index (χ4n) is 1.37. The minimum atomic E-state index is -0.123. The highest BCUT2D eigenvalue weighted by Gasteiger charge is 2.24. The number of methoxy groups -OCH3 is 1. The zero-order chi connectivity index (χ0) is 9.68. The van der Waals surface area contributed by atoms with E-state index in [4.69, 9.17) is 4.74 Å². The molecule has 0 aromatic heterocycles. The maximum Gasteiger partial charge on any atom is 0.322 e. The van der Waals surface area contributed by atoms with E-state index >= 15 is 0 Å². The lowest BCUT2D eigenvalue weighted by atomic mass is 10.1. The van der Waals surface area contributed by atoms with Crippen molar-refractivity contribution in [2.75, 3.05) is 13.7 Å². The Labute approximate surface area is 79.8 Å². The maximum atomic E-state index is 11.3. The van der Waals surface area contributed by atoms with Crippen molar-refractivity contribution in [1.82, 2.24) is 5.32 Å². The summed E-state index contributed by atoms with van der Waals surface area (Å²) >= 11 is 0. The average Bonchev–Trinajstić information content (AvgIpc) is 2.94. The van der Waals surface area contributed by atoms with Gasteiger partial charge in [0.25, 0.3) is 0 Å². The van der Waals surface area contributed by atoms with Gasteiger partial charge in [-0.3, -0.25) is 4.79 Å². The average molecular weight is 185 g/mol. The van der Waals surface area contributed by atoms with Gasteiger partial charge in [-0.25, -0.2) is 0 Å². The molecule has 1 fully saturated rings. The Kier molecular flexibility index (Phi) is 4.22. The molecule has 0 bridgehead atoms. The molecule has 1 rings (SSSR count). The number of rotatable bonds is 6. The lowest BCUT2D eigenvalue weighted by molar-refractivity contribution is -0.143. The third-order valence-corrected chi connectivity index (χ3v) is 2.41. The second-order valence-corrected chi connectivity index (χ2v) is 3.72. The van der Waals surface area contributed by atoms with Gasteiger partial charge in [-0.15, -0.1) is 0 Å². The molecule has 13 heavy (non-hydrogen) atoms. The van der Waals surface area contributed by atoms with Crippen molar-refractivity contribution in [2.24, 2.45) is 5.92 Å². The van der Waals surface area contributed by atoms with Crippen LogP contribution in [0.5, 0.6) is 0 Å². The molecule has 1 unspecified atom stereocenters. The van der Waals surface area contributed by atoms with Gasteiger partial charge in [-0.1, -0.05) is 13.3 Å². The molecule has 0 heterocycles. The Morgan fingerprint density at radius 3 is 2.77 bits per heavy atom. The highest BCUT2D eigenvalue weighted by Crippen LogP contribution is 2.27. The number of ether oxygens (including phenoxy) is 1. The summed E-state index contributed by atoms with van der Waals surface area (Å²) in [6.07, 6.45) is 4.51. The van der Waals surface area contributed by atoms with E-state index in [0.717, 1.165) is 25.3 Å². The van der Waals surface area contributed by atoms with Crippen molar-refractivity contribution >= 4 is 5.97 Å². The molecule has 3 heteroatoms. The van der Waals surface area contributed by atoms with Crippen LogP contribution in [-0.2, 0) is 9.53 Å². The van der Waals surface area contributed by atoms with Gasteiger partial charge in [-0.05, 0) is 31.7 Å². The number of esters is 1. The number of nitrogens with one attached hydrogen (secondary N) is 1. The first-order chi connectivity index (χ1) is 6.27. The quantitative estimate of drug-likeness (QED) is 0.634. The van der Waals surface area contributed by atoms with Crippen molar-refractivity contribution in [3.8, 4) is 0 Å². The number of carbonyl (C=O) groups excluding carboxylic acids is 1. The number of carbonyl (C=O) groups is 1. The third kappa shape index (κ3) is 3.77. The van der Waals surface area contributed by atoms with Crippen molar-refractivity contribution in [3.63, 3.8) is 0 Å². The van der Waals surface area contributed by atoms with Crippen molar-refractivity contribution in [1.29, 1.82) is 0 Å². The molecule has 0 aromatic carbocycles.